The van der Waals surface area contributed by atoms with Crippen LogP contribution in [0.25, 0.3) is 66.6 Å². The molecule has 0 radical (unpaired) electrons. The van der Waals surface area contributed by atoms with Crippen LogP contribution >= 0.6 is 0 Å². The van der Waals surface area contributed by atoms with Gasteiger partial charge < -0.3 is 10.3 Å². The van der Waals surface area contributed by atoms with Crippen LogP contribution in [-0.4, -0.2) is 10.4 Å². The summed E-state index contributed by atoms with van der Waals surface area (Å²) in [5.41, 5.74) is 21.2. The van der Waals surface area contributed by atoms with E-state index in [2.05, 4.69) is 181 Å². The lowest BCUT2D eigenvalue weighted by Gasteiger charge is -2.10. The number of amidine groups is 1. The Morgan fingerprint density at radius 2 is 0.873 bits per heavy atom. The van der Waals surface area contributed by atoms with E-state index in [1.165, 1.54) is 55.2 Å². The van der Waals surface area contributed by atoms with E-state index in [1.54, 1.807) is 0 Å². The van der Waals surface area contributed by atoms with Crippen LogP contribution in [-0.2, 0) is 6.42 Å². The first-order valence-corrected chi connectivity index (χ1v) is 18.7. The average molecular weight is 706 g/mol. The second kappa shape index (κ2) is 15.0. The second-order valence-electron chi connectivity index (χ2n) is 13.8. The van der Waals surface area contributed by atoms with Crippen molar-refractivity contribution < 1.29 is 0 Å². The van der Waals surface area contributed by atoms with Gasteiger partial charge in [0.1, 0.15) is 5.84 Å². The molecule has 0 amide bonds. The standard InChI is InChI=1S/C52H39N3/c53-52(43-19-11-4-12-20-43)54-49(42-26-24-41(25-27-42)38-13-5-1-6-14-38)32-23-37-21-30-46(31-22-37)55-50-33-28-44(39-15-7-2-8-16-39)35-47(50)48-36-45(29-34-51(48)55)40-17-9-3-10-18-40/h1-22,24-36H,23H2,(H2,53,54)/b49-32-. The molecule has 9 aromatic rings. The Morgan fingerprint density at radius 1 is 0.436 bits per heavy atom. The summed E-state index contributed by atoms with van der Waals surface area (Å²) in [4.78, 5) is 4.97. The van der Waals surface area contributed by atoms with Gasteiger partial charge in [0, 0.05) is 22.0 Å². The number of rotatable bonds is 9. The molecule has 0 bridgehead atoms. The number of hydrogen-bond donors (Lipinski definition) is 1. The highest BCUT2D eigenvalue weighted by atomic mass is 15.0. The van der Waals surface area contributed by atoms with E-state index in [1.807, 2.05) is 36.4 Å². The number of nitrogens with zero attached hydrogens (tertiary/aromatic N) is 2. The summed E-state index contributed by atoms with van der Waals surface area (Å²) in [7, 11) is 0. The zero-order valence-corrected chi connectivity index (χ0v) is 30.4. The lowest BCUT2D eigenvalue weighted by atomic mass is 10.0. The smallest absolute Gasteiger partial charge is 0.131 e. The maximum atomic E-state index is 6.58. The summed E-state index contributed by atoms with van der Waals surface area (Å²) in [6.45, 7) is 0. The molecular weight excluding hydrogens is 667 g/mol. The minimum absolute atomic E-state index is 0.492. The third kappa shape index (κ3) is 6.99. The molecule has 1 heterocycles. The minimum Gasteiger partial charge on any atom is -0.383 e. The van der Waals surface area contributed by atoms with Gasteiger partial charge in [-0.3, -0.25) is 0 Å². The molecule has 0 atom stereocenters. The van der Waals surface area contributed by atoms with Crippen LogP contribution in [0.2, 0.25) is 0 Å². The van der Waals surface area contributed by atoms with E-state index >= 15 is 0 Å². The Hall–Kier alpha value is -7.23. The summed E-state index contributed by atoms with van der Waals surface area (Å²) < 4.78 is 2.39. The molecule has 0 unspecified atom stereocenters. The summed E-state index contributed by atoms with van der Waals surface area (Å²) >= 11 is 0. The third-order valence-corrected chi connectivity index (χ3v) is 10.3. The summed E-state index contributed by atoms with van der Waals surface area (Å²) in [5, 5.41) is 2.47. The van der Waals surface area contributed by atoms with Crippen molar-refractivity contribution in [1.29, 1.82) is 0 Å². The Bertz CT molecular complexity index is 2680. The van der Waals surface area contributed by atoms with Gasteiger partial charge in [0.15, 0.2) is 0 Å². The lowest BCUT2D eigenvalue weighted by Crippen LogP contribution is -2.13. The number of fused-ring (bicyclic) bond motifs is 3. The molecule has 55 heavy (non-hydrogen) atoms. The molecule has 0 spiro atoms. The molecule has 3 nitrogen and oxygen atoms in total. The molecule has 0 aliphatic rings. The van der Waals surface area contributed by atoms with Crippen LogP contribution < -0.4 is 5.73 Å². The largest absolute Gasteiger partial charge is 0.383 e. The Kier molecular flexibility index (Phi) is 9.17. The molecule has 0 saturated carbocycles. The first-order valence-electron chi connectivity index (χ1n) is 18.7. The molecule has 0 aliphatic carbocycles. The first-order chi connectivity index (χ1) is 27.2. The highest BCUT2D eigenvalue weighted by molar-refractivity contribution is 6.11. The predicted molar refractivity (Wildman–Crippen MR) is 232 cm³/mol. The van der Waals surface area contributed by atoms with E-state index in [-0.39, 0.29) is 0 Å². The fraction of sp³-hybridized carbons (Fsp3) is 0.0192. The molecule has 9 rings (SSSR count). The van der Waals surface area contributed by atoms with E-state index < -0.39 is 0 Å². The van der Waals surface area contributed by atoms with Crippen LogP contribution in [0.4, 0.5) is 0 Å². The van der Waals surface area contributed by atoms with Gasteiger partial charge in [-0.1, -0.05) is 176 Å². The molecule has 8 aromatic carbocycles. The number of benzene rings is 8. The van der Waals surface area contributed by atoms with E-state index in [0.29, 0.717) is 12.3 Å². The zero-order chi connectivity index (χ0) is 37.0. The summed E-state index contributed by atoms with van der Waals surface area (Å²) in [6.07, 6.45) is 2.88. The van der Waals surface area contributed by atoms with Crippen LogP contribution in [0.15, 0.2) is 217 Å². The van der Waals surface area contributed by atoms with Crippen molar-refractivity contribution in [2.75, 3.05) is 0 Å². The molecule has 0 aliphatic heterocycles. The highest BCUT2D eigenvalue weighted by Crippen LogP contribution is 2.37. The number of nitrogens with two attached hydrogens (primary N) is 1. The lowest BCUT2D eigenvalue weighted by molar-refractivity contribution is 1.16. The SMILES string of the molecule is N/C(=N\C(=C/Cc1ccc(-n2c3ccc(-c4ccccc4)cc3c3cc(-c4ccccc4)ccc32)cc1)c1ccc(-c2ccccc2)cc1)c1ccccc1. The van der Waals surface area contributed by atoms with Crippen LogP contribution in [0.5, 0.6) is 0 Å². The third-order valence-electron chi connectivity index (χ3n) is 10.3. The molecule has 1 aromatic heterocycles. The fourth-order valence-electron chi connectivity index (χ4n) is 7.41. The van der Waals surface area contributed by atoms with Crippen molar-refractivity contribution in [2.24, 2.45) is 10.7 Å². The number of hydrogen-bond acceptors (Lipinski definition) is 1. The molecule has 0 saturated heterocycles. The molecule has 262 valence electrons. The average Bonchev–Trinajstić information content (AvgIpc) is 3.59. The Morgan fingerprint density at radius 3 is 1.38 bits per heavy atom. The quantitative estimate of drug-likeness (QED) is 0.118. The zero-order valence-electron chi connectivity index (χ0n) is 30.4. The summed E-state index contributed by atoms with van der Waals surface area (Å²) in [6, 6.07) is 72.8. The molecular formula is C52H39N3. The van der Waals surface area contributed by atoms with E-state index in [0.717, 1.165) is 28.1 Å². The maximum Gasteiger partial charge on any atom is 0.131 e. The topological polar surface area (TPSA) is 43.3 Å². The van der Waals surface area contributed by atoms with E-state index in [9.17, 15) is 0 Å². The van der Waals surface area contributed by atoms with Gasteiger partial charge in [-0.2, -0.15) is 0 Å². The minimum atomic E-state index is 0.492. The van der Waals surface area contributed by atoms with Gasteiger partial charge in [0.2, 0.25) is 0 Å². The maximum absolute atomic E-state index is 6.58. The monoisotopic (exact) mass is 705 g/mol. The van der Waals surface area contributed by atoms with Crippen molar-refractivity contribution in [1.82, 2.24) is 4.57 Å². The van der Waals surface area contributed by atoms with Gasteiger partial charge in [-0.05, 0) is 87.3 Å². The van der Waals surface area contributed by atoms with Gasteiger partial charge in [-0.25, -0.2) is 4.99 Å². The second-order valence-corrected chi connectivity index (χ2v) is 13.8. The normalized spacial score (nSPS) is 12.0. The van der Waals surface area contributed by atoms with Gasteiger partial charge in [-0.15, -0.1) is 0 Å². The first kappa shape index (κ1) is 33.6. The fourth-order valence-corrected chi connectivity index (χ4v) is 7.41. The number of aliphatic imine (C=N–C) groups is 1. The number of allylic oxidation sites excluding steroid dienone is 1. The molecule has 0 fully saturated rings. The molecule has 3 heteroatoms. The van der Waals surface area contributed by atoms with Crippen LogP contribution in [0.1, 0.15) is 16.7 Å². The predicted octanol–water partition coefficient (Wildman–Crippen LogP) is 12.8. The Balaban J connectivity index is 1.08. The van der Waals surface area contributed by atoms with Crippen molar-refractivity contribution in [3.05, 3.63) is 229 Å². The van der Waals surface area contributed by atoms with Crippen LogP contribution in [0, 0.1) is 0 Å². The van der Waals surface area contributed by atoms with Crippen LogP contribution in [0.3, 0.4) is 0 Å². The highest BCUT2D eigenvalue weighted by Gasteiger charge is 2.15. The molecule has 2 N–H and O–H groups in total. The van der Waals surface area contributed by atoms with Gasteiger partial charge >= 0.3 is 0 Å². The van der Waals surface area contributed by atoms with Crippen molar-refractivity contribution >= 4 is 33.3 Å². The summed E-state index contributed by atoms with van der Waals surface area (Å²) in [5.74, 6) is 0.492. The Labute approximate surface area is 322 Å². The van der Waals surface area contributed by atoms with Crippen molar-refractivity contribution in [3.8, 4) is 39.1 Å². The van der Waals surface area contributed by atoms with E-state index in [4.69, 9.17) is 10.7 Å². The number of aromatic nitrogens is 1. The van der Waals surface area contributed by atoms with Gasteiger partial charge in [0.05, 0.1) is 16.7 Å². The van der Waals surface area contributed by atoms with Crippen molar-refractivity contribution in [2.45, 2.75) is 6.42 Å². The van der Waals surface area contributed by atoms with Crippen molar-refractivity contribution in [3.63, 3.8) is 0 Å². The van der Waals surface area contributed by atoms with Gasteiger partial charge in [0.25, 0.3) is 0 Å².